The quantitative estimate of drug-likeness (QED) is 0.606. The molecule has 6 nitrogen and oxygen atoms in total. The lowest BCUT2D eigenvalue weighted by atomic mass is 10.0. The van der Waals surface area contributed by atoms with Gasteiger partial charge in [0.25, 0.3) is 0 Å². The Bertz CT molecular complexity index is 684. The van der Waals surface area contributed by atoms with E-state index in [1.165, 1.54) is 6.92 Å². The average Bonchev–Trinajstić information content (AvgIpc) is 2.56. The number of rotatable bonds is 10. The van der Waals surface area contributed by atoms with Gasteiger partial charge < -0.3 is 19.5 Å². The molecule has 0 aliphatic heterocycles. The van der Waals surface area contributed by atoms with E-state index >= 15 is 0 Å². The Hall–Kier alpha value is -1.81. The summed E-state index contributed by atoms with van der Waals surface area (Å²) in [5, 5.41) is 2.62. The van der Waals surface area contributed by atoms with Crippen LogP contribution in [-0.4, -0.2) is 51.0 Å². The predicted octanol–water partition coefficient (Wildman–Crippen LogP) is 3.98. The van der Waals surface area contributed by atoms with E-state index in [4.69, 9.17) is 4.74 Å². The minimum atomic E-state index is -1.99. The second-order valence-corrected chi connectivity index (χ2v) is 11.4. The van der Waals surface area contributed by atoms with Crippen LogP contribution in [0.1, 0.15) is 32.8 Å². The van der Waals surface area contributed by atoms with E-state index in [0.29, 0.717) is 0 Å². The summed E-state index contributed by atoms with van der Waals surface area (Å²) in [6, 6.07) is 7.23. The van der Waals surface area contributed by atoms with Crippen LogP contribution >= 0.6 is 7.14 Å². The van der Waals surface area contributed by atoms with Crippen molar-refractivity contribution in [1.82, 2.24) is 5.32 Å². The lowest BCUT2D eigenvalue weighted by Crippen LogP contribution is -2.43. The fourth-order valence-corrected chi connectivity index (χ4v) is 3.66. The minimum Gasteiger partial charge on any atom is -0.445 e. The standard InChI is InChI=1S/C20H33N2O4P/c1-15(2)19(16(3)23)21-20(24)26-14-17-9-7-10-18(13-17)22(4)11-8-12-27(5,6)25/h7,9-10,13,15,19H,8,11-12,14H2,1-6H3,(H,21,24). The van der Waals surface area contributed by atoms with Gasteiger partial charge in [-0.05, 0) is 50.3 Å². The van der Waals surface area contributed by atoms with Crippen molar-refractivity contribution in [1.29, 1.82) is 0 Å². The molecular weight excluding hydrogens is 363 g/mol. The van der Waals surface area contributed by atoms with Crippen LogP contribution < -0.4 is 10.2 Å². The van der Waals surface area contributed by atoms with Crippen LogP contribution in [0.4, 0.5) is 10.5 Å². The molecule has 152 valence electrons. The number of benzene rings is 1. The maximum Gasteiger partial charge on any atom is 0.408 e. The number of amides is 1. The topological polar surface area (TPSA) is 75.7 Å². The number of carbonyl (C=O) groups is 2. The molecule has 0 aliphatic carbocycles. The third-order valence-electron chi connectivity index (χ3n) is 4.29. The summed E-state index contributed by atoms with van der Waals surface area (Å²) < 4.78 is 17.1. The highest BCUT2D eigenvalue weighted by Crippen LogP contribution is 2.36. The fraction of sp³-hybridized carbons (Fsp3) is 0.600. The highest BCUT2D eigenvalue weighted by atomic mass is 31.2. The van der Waals surface area contributed by atoms with Crippen molar-refractivity contribution >= 4 is 24.7 Å². The number of ketones is 1. The molecule has 1 aromatic carbocycles. The number of nitrogens with one attached hydrogen (secondary N) is 1. The number of alkyl carbamates (subject to hydrolysis) is 1. The number of anilines is 1. The SMILES string of the molecule is CC(=O)C(NC(=O)OCc1cccc(N(C)CCCP(C)(C)=O)c1)C(C)C. The second kappa shape index (κ2) is 10.5. The Balaban J connectivity index is 2.57. The smallest absolute Gasteiger partial charge is 0.408 e. The van der Waals surface area contributed by atoms with E-state index in [1.54, 1.807) is 0 Å². The molecule has 1 N–H and O–H groups in total. The van der Waals surface area contributed by atoms with Crippen LogP contribution in [0.5, 0.6) is 0 Å². The van der Waals surface area contributed by atoms with Crippen molar-refractivity contribution in [3.8, 4) is 0 Å². The molecule has 27 heavy (non-hydrogen) atoms. The van der Waals surface area contributed by atoms with Crippen molar-refractivity contribution in [2.24, 2.45) is 5.92 Å². The first-order chi connectivity index (χ1) is 12.5. The molecule has 1 aromatic rings. The van der Waals surface area contributed by atoms with E-state index < -0.39 is 19.3 Å². The van der Waals surface area contributed by atoms with Gasteiger partial charge in [-0.1, -0.05) is 26.0 Å². The molecule has 0 spiro atoms. The number of Topliss-reactive ketones (excluding diaryl/α,β-unsaturated/α-hetero) is 1. The second-order valence-electron chi connectivity index (χ2n) is 7.80. The molecule has 0 fully saturated rings. The maximum atomic E-state index is 12.0. The third-order valence-corrected chi connectivity index (χ3v) is 5.68. The molecule has 0 radical (unpaired) electrons. The Kier molecular flexibility index (Phi) is 9.04. The van der Waals surface area contributed by atoms with E-state index in [-0.39, 0.29) is 18.3 Å². The summed E-state index contributed by atoms with van der Waals surface area (Å²) in [5.74, 6) is -0.0807. The number of ether oxygens (including phenoxy) is 1. The molecule has 0 bridgehead atoms. The molecule has 1 unspecified atom stereocenters. The van der Waals surface area contributed by atoms with Crippen molar-refractivity contribution in [3.63, 3.8) is 0 Å². The van der Waals surface area contributed by atoms with Gasteiger partial charge in [0.15, 0.2) is 5.78 Å². The summed E-state index contributed by atoms with van der Waals surface area (Å²) in [6.45, 7) is 9.78. The molecule has 7 heteroatoms. The van der Waals surface area contributed by atoms with Gasteiger partial charge in [-0.25, -0.2) is 4.79 Å². The van der Waals surface area contributed by atoms with E-state index in [2.05, 4.69) is 10.2 Å². The number of hydrogen-bond acceptors (Lipinski definition) is 5. The van der Waals surface area contributed by atoms with Crippen LogP contribution in [0.25, 0.3) is 0 Å². The molecule has 1 rings (SSSR count). The number of carbonyl (C=O) groups excluding carboxylic acids is 2. The Morgan fingerprint density at radius 2 is 1.93 bits per heavy atom. The van der Waals surface area contributed by atoms with Gasteiger partial charge in [0.05, 0.1) is 13.2 Å². The number of nitrogens with zero attached hydrogens (tertiary/aromatic N) is 1. The van der Waals surface area contributed by atoms with Crippen LogP contribution in [0.3, 0.4) is 0 Å². The third kappa shape index (κ3) is 9.09. The molecule has 0 aliphatic rings. The lowest BCUT2D eigenvalue weighted by molar-refractivity contribution is -0.119. The summed E-state index contributed by atoms with van der Waals surface area (Å²) in [6.07, 6.45) is 1.00. The average molecular weight is 396 g/mol. The Labute approximate surface area is 163 Å². The van der Waals surface area contributed by atoms with Crippen LogP contribution in [0.2, 0.25) is 0 Å². The molecular formula is C20H33N2O4P. The first kappa shape index (κ1) is 23.2. The predicted molar refractivity (Wildman–Crippen MR) is 111 cm³/mol. The zero-order valence-corrected chi connectivity index (χ0v) is 18.2. The lowest BCUT2D eigenvalue weighted by Gasteiger charge is -2.21. The highest BCUT2D eigenvalue weighted by molar-refractivity contribution is 7.62. The van der Waals surface area contributed by atoms with Gasteiger partial charge in [-0.3, -0.25) is 4.79 Å². The minimum absolute atomic E-state index is 0.00794. The molecule has 0 heterocycles. The summed E-state index contributed by atoms with van der Waals surface area (Å²) in [4.78, 5) is 25.6. The first-order valence-corrected chi connectivity index (χ1v) is 12.1. The van der Waals surface area contributed by atoms with E-state index in [0.717, 1.165) is 30.4 Å². The fourth-order valence-electron chi connectivity index (χ4n) is 2.76. The van der Waals surface area contributed by atoms with E-state index in [9.17, 15) is 14.2 Å². The van der Waals surface area contributed by atoms with Crippen LogP contribution in [0, 0.1) is 5.92 Å². The molecule has 1 atom stereocenters. The van der Waals surface area contributed by atoms with Gasteiger partial charge in [0.1, 0.15) is 6.61 Å². The summed E-state index contributed by atoms with van der Waals surface area (Å²) in [7, 11) is 0.00308. The summed E-state index contributed by atoms with van der Waals surface area (Å²) in [5.41, 5.74) is 1.89. The Morgan fingerprint density at radius 1 is 1.26 bits per heavy atom. The van der Waals surface area contributed by atoms with Crippen LogP contribution in [0.15, 0.2) is 24.3 Å². The molecule has 1 amide bonds. The largest absolute Gasteiger partial charge is 0.445 e. The van der Waals surface area contributed by atoms with Crippen molar-refractivity contribution in [2.45, 2.75) is 39.8 Å². The van der Waals surface area contributed by atoms with Crippen LogP contribution in [-0.2, 0) is 20.7 Å². The molecule has 0 aromatic heterocycles. The van der Waals surface area contributed by atoms with Gasteiger partial charge >= 0.3 is 6.09 Å². The van der Waals surface area contributed by atoms with Crippen molar-refractivity contribution in [3.05, 3.63) is 29.8 Å². The Morgan fingerprint density at radius 3 is 2.48 bits per heavy atom. The van der Waals surface area contributed by atoms with Gasteiger partial charge in [-0.2, -0.15) is 0 Å². The van der Waals surface area contributed by atoms with Gasteiger partial charge in [0, 0.05) is 25.4 Å². The highest BCUT2D eigenvalue weighted by Gasteiger charge is 2.21. The van der Waals surface area contributed by atoms with Crippen molar-refractivity contribution in [2.75, 3.05) is 38.0 Å². The zero-order chi connectivity index (χ0) is 20.6. The summed E-state index contributed by atoms with van der Waals surface area (Å²) >= 11 is 0. The number of hydrogen-bond donors (Lipinski definition) is 1. The van der Waals surface area contributed by atoms with Crippen molar-refractivity contribution < 1.29 is 18.9 Å². The van der Waals surface area contributed by atoms with Gasteiger partial charge in [0.2, 0.25) is 0 Å². The normalized spacial score (nSPS) is 12.6. The molecule has 0 saturated heterocycles. The van der Waals surface area contributed by atoms with Gasteiger partial charge in [-0.15, -0.1) is 0 Å². The van der Waals surface area contributed by atoms with E-state index in [1.807, 2.05) is 58.5 Å². The first-order valence-electron chi connectivity index (χ1n) is 9.27. The molecule has 0 saturated carbocycles. The monoisotopic (exact) mass is 396 g/mol. The maximum absolute atomic E-state index is 12.0. The zero-order valence-electron chi connectivity index (χ0n) is 17.3.